The molecule has 3 rings (SSSR count). The molecular formula is C17H25NO. The van der Waals surface area contributed by atoms with Gasteiger partial charge in [-0.1, -0.05) is 44.9 Å². The standard InChI is InChI=1S/C17H25NO/c1-3-14(10-13-8-9-13)18-17-12(2)11-19-16-7-5-4-6-15(16)17/h4-7,12-14,17-18H,3,8-11H2,1-2H3. The first-order chi connectivity index (χ1) is 9.28. The van der Waals surface area contributed by atoms with Crippen molar-refractivity contribution >= 4 is 0 Å². The third-order valence-electron chi connectivity index (χ3n) is 4.55. The predicted molar refractivity (Wildman–Crippen MR) is 78.4 cm³/mol. The number of para-hydroxylation sites is 1. The maximum Gasteiger partial charge on any atom is 0.124 e. The number of hydrogen-bond donors (Lipinski definition) is 1. The Hall–Kier alpha value is -1.02. The molecule has 0 bridgehead atoms. The first-order valence-corrected chi connectivity index (χ1v) is 7.75. The van der Waals surface area contributed by atoms with E-state index in [1.807, 2.05) is 0 Å². The van der Waals surface area contributed by atoms with Crippen LogP contribution in [-0.2, 0) is 0 Å². The maximum atomic E-state index is 5.83. The van der Waals surface area contributed by atoms with Crippen molar-refractivity contribution in [2.45, 2.75) is 51.6 Å². The summed E-state index contributed by atoms with van der Waals surface area (Å²) in [5.41, 5.74) is 1.34. The van der Waals surface area contributed by atoms with Crippen molar-refractivity contribution in [3.63, 3.8) is 0 Å². The topological polar surface area (TPSA) is 21.3 Å². The monoisotopic (exact) mass is 259 g/mol. The van der Waals surface area contributed by atoms with E-state index in [0.717, 1.165) is 18.3 Å². The van der Waals surface area contributed by atoms with Gasteiger partial charge >= 0.3 is 0 Å². The first-order valence-electron chi connectivity index (χ1n) is 7.75. The molecule has 0 saturated heterocycles. The number of rotatable bonds is 5. The van der Waals surface area contributed by atoms with Crippen LogP contribution in [0.1, 0.15) is 51.1 Å². The zero-order valence-electron chi connectivity index (χ0n) is 12.1. The van der Waals surface area contributed by atoms with Gasteiger partial charge in [-0.25, -0.2) is 0 Å². The van der Waals surface area contributed by atoms with E-state index in [0.29, 0.717) is 18.0 Å². The Balaban J connectivity index is 1.74. The molecule has 1 aliphatic carbocycles. The summed E-state index contributed by atoms with van der Waals surface area (Å²) in [5, 5.41) is 3.90. The predicted octanol–water partition coefficient (Wildman–Crippen LogP) is 3.92. The van der Waals surface area contributed by atoms with Gasteiger partial charge in [0, 0.05) is 23.6 Å². The molecule has 3 atom stereocenters. The van der Waals surface area contributed by atoms with Gasteiger partial charge in [-0.3, -0.25) is 0 Å². The molecule has 2 aliphatic rings. The van der Waals surface area contributed by atoms with E-state index in [1.165, 1.54) is 31.2 Å². The van der Waals surface area contributed by atoms with Gasteiger partial charge in [0.15, 0.2) is 0 Å². The quantitative estimate of drug-likeness (QED) is 0.865. The Kier molecular flexibility index (Phi) is 3.79. The van der Waals surface area contributed by atoms with Crippen LogP contribution in [0.3, 0.4) is 0 Å². The fraction of sp³-hybridized carbons (Fsp3) is 0.647. The van der Waals surface area contributed by atoms with Crippen molar-refractivity contribution in [1.82, 2.24) is 5.32 Å². The van der Waals surface area contributed by atoms with Gasteiger partial charge in [-0.2, -0.15) is 0 Å². The molecule has 0 spiro atoms. The Morgan fingerprint density at radius 2 is 2.11 bits per heavy atom. The number of hydrogen-bond acceptors (Lipinski definition) is 2. The average molecular weight is 259 g/mol. The highest BCUT2D eigenvalue weighted by Gasteiger charge is 2.31. The van der Waals surface area contributed by atoms with Crippen LogP contribution in [0.2, 0.25) is 0 Å². The molecule has 3 unspecified atom stereocenters. The minimum Gasteiger partial charge on any atom is -0.493 e. The molecule has 1 heterocycles. The molecule has 0 radical (unpaired) electrons. The zero-order valence-corrected chi connectivity index (χ0v) is 12.1. The van der Waals surface area contributed by atoms with Crippen LogP contribution in [0, 0.1) is 11.8 Å². The fourth-order valence-electron chi connectivity index (χ4n) is 3.11. The minimum absolute atomic E-state index is 0.452. The van der Waals surface area contributed by atoms with Crippen LogP contribution in [0.25, 0.3) is 0 Å². The second-order valence-electron chi connectivity index (χ2n) is 6.25. The molecule has 1 aromatic carbocycles. The maximum absolute atomic E-state index is 5.83. The van der Waals surface area contributed by atoms with Crippen LogP contribution in [0.4, 0.5) is 0 Å². The molecular weight excluding hydrogens is 234 g/mol. The van der Waals surface area contributed by atoms with E-state index < -0.39 is 0 Å². The Morgan fingerprint density at radius 1 is 1.32 bits per heavy atom. The third kappa shape index (κ3) is 2.94. The van der Waals surface area contributed by atoms with Gasteiger partial charge in [0.2, 0.25) is 0 Å². The van der Waals surface area contributed by atoms with Crippen LogP contribution >= 0.6 is 0 Å². The number of benzene rings is 1. The van der Waals surface area contributed by atoms with Crippen molar-refractivity contribution in [2.75, 3.05) is 6.61 Å². The number of nitrogens with one attached hydrogen (secondary N) is 1. The lowest BCUT2D eigenvalue weighted by molar-refractivity contribution is 0.177. The summed E-state index contributed by atoms with van der Waals surface area (Å²) in [6, 6.07) is 9.61. The van der Waals surface area contributed by atoms with Crippen LogP contribution in [-0.4, -0.2) is 12.6 Å². The number of ether oxygens (including phenoxy) is 1. The summed E-state index contributed by atoms with van der Waals surface area (Å²) >= 11 is 0. The van der Waals surface area contributed by atoms with Crippen LogP contribution in [0.15, 0.2) is 24.3 Å². The second-order valence-corrected chi connectivity index (χ2v) is 6.25. The Bertz CT molecular complexity index is 427. The zero-order chi connectivity index (χ0) is 13.2. The van der Waals surface area contributed by atoms with Gasteiger partial charge in [-0.05, 0) is 24.8 Å². The van der Waals surface area contributed by atoms with Crippen molar-refractivity contribution in [2.24, 2.45) is 11.8 Å². The largest absolute Gasteiger partial charge is 0.493 e. The van der Waals surface area contributed by atoms with Crippen LogP contribution in [0.5, 0.6) is 5.75 Å². The van der Waals surface area contributed by atoms with Gasteiger partial charge in [0.1, 0.15) is 5.75 Å². The van der Waals surface area contributed by atoms with Crippen molar-refractivity contribution in [3.05, 3.63) is 29.8 Å². The lowest BCUT2D eigenvalue weighted by Crippen LogP contribution is -2.40. The van der Waals surface area contributed by atoms with E-state index in [9.17, 15) is 0 Å². The summed E-state index contributed by atoms with van der Waals surface area (Å²) in [6.07, 6.45) is 5.46. The van der Waals surface area contributed by atoms with Crippen molar-refractivity contribution in [3.8, 4) is 5.75 Å². The minimum atomic E-state index is 0.452. The summed E-state index contributed by atoms with van der Waals surface area (Å²) in [6.45, 7) is 5.42. The highest BCUT2D eigenvalue weighted by atomic mass is 16.5. The Labute approximate surface area is 116 Å². The highest BCUT2D eigenvalue weighted by Crippen LogP contribution is 2.38. The van der Waals surface area contributed by atoms with E-state index in [-0.39, 0.29) is 0 Å². The summed E-state index contributed by atoms with van der Waals surface area (Å²) in [5.74, 6) is 2.60. The Morgan fingerprint density at radius 3 is 2.84 bits per heavy atom. The van der Waals surface area contributed by atoms with E-state index >= 15 is 0 Å². The average Bonchev–Trinajstić information content (AvgIpc) is 3.25. The molecule has 1 N–H and O–H groups in total. The van der Waals surface area contributed by atoms with E-state index in [2.05, 4.69) is 43.4 Å². The van der Waals surface area contributed by atoms with Gasteiger partial charge in [0.25, 0.3) is 0 Å². The summed E-state index contributed by atoms with van der Waals surface area (Å²) in [4.78, 5) is 0. The molecule has 2 heteroatoms. The first kappa shape index (κ1) is 13.0. The van der Waals surface area contributed by atoms with Gasteiger partial charge < -0.3 is 10.1 Å². The van der Waals surface area contributed by atoms with E-state index in [1.54, 1.807) is 0 Å². The molecule has 2 nitrogen and oxygen atoms in total. The molecule has 19 heavy (non-hydrogen) atoms. The molecule has 1 aromatic rings. The van der Waals surface area contributed by atoms with Gasteiger partial charge in [0.05, 0.1) is 6.61 Å². The molecule has 1 fully saturated rings. The van der Waals surface area contributed by atoms with E-state index in [4.69, 9.17) is 4.74 Å². The lowest BCUT2D eigenvalue weighted by Gasteiger charge is -2.35. The molecule has 104 valence electrons. The third-order valence-corrected chi connectivity index (χ3v) is 4.55. The van der Waals surface area contributed by atoms with Crippen LogP contribution < -0.4 is 10.1 Å². The van der Waals surface area contributed by atoms with Crippen molar-refractivity contribution < 1.29 is 4.74 Å². The summed E-state index contributed by atoms with van der Waals surface area (Å²) < 4.78 is 5.83. The normalized spacial score (nSPS) is 27.5. The number of fused-ring (bicyclic) bond motifs is 1. The van der Waals surface area contributed by atoms with Gasteiger partial charge in [-0.15, -0.1) is 0 Å². The fourth-order valence-corrected chi connectivity index (χ4v) is 3.11. The molecule has 1 aliphatic heterocycles. The molecule has 0 aromatic heterocycles. The van der Waals surface area contributed by atoms with Crippen molar-refractivity contribution in [1.29, 1.82) is 0 Å². The SMILES string of the molecule is CCC(CC1CC1)NC1c2ccccc2OCC1C. The second kappa shape index (κ2) is 5.54. The highest BCUT2D eigenvalue weighted by molar-refractivity contribution is 5.38. The summed E-state index contributed by atoms with van der Waals surface area (Å²) in [7, 11) is 0. The lowest BCUT2D eigenvalue weighted by atomic mass is 9.90. The molecule has 0 amide bonds. The smallest absolute Gasteiger partial charge is 0.124 e. The molecule has 1 saturated carbocycles.